The summed E-state index contributed by atoms with van der Waals surface area (Å²) in [6.07, 6.45) is 0. The molecule has 9 heteroatoms. The molecule has 0 fully saturated rings. The molecule has 0 bridgehead atoms. The summed E-state index contributed by atoms with van der Waals surface area (Å²) >= 11 is 12.1. The van der Waals surface area contributed by atoms with Gasteiger partial charge in [-0.3, -0.25) is 19.7 Å². The van der Waals surface area contributed by atoms with Gasteiger partial charge in [0.1, 0.15) is 11.4 Å². The fourth-order valence-electron chi connectivity index (χ4n) is 2.75. The number of halogens is 2. The molecule has 0 saturated carbocycles. The Kier molecular flexibility index (Phi) is 5.16. The molecular formula is C18H13Cl2N3O4. The minimum Gasteiger partial charge on any atom is -0.367 e. The molecule has 0 atom stereocenters. The van der Waals surface area contributed by atoms with Crippen molar-refractivity contribution in [3.8, 4) is 0 Å². The number of nitro benzene ring substituents is 1. The first-order chi connectivity index (χ1) is 12.8. The summed E-state index contributed by atoms with van der Waals surface area (Å²) in [5.74, 6) is -0.287. The minimum absolute atomic E-state index is 0.0113. The number of aromatic amines is 1. The van der Waals surface area contributed by atoms with E-state index in [0.29, 0.717) is 11.6 Å². The van der Waals surface area contributed by atoms with Crippen LogP contribution in [0.25, 0.3) is 10.9 Å². The van der Waals surface area contributed by atoms with Crippen molar-refractivity contribution < 1.29 is 9.72 Å². The number of nitro groups is 1. The molecule has 0 spiro atoms. The topological polar surface area (TPSA) is 105 Å². The number of pyridine rings is 1. The van der Waals surface area contributed by atoms with Crippen LogP contribution >= 0.6 is 23.2 Å². The van der Waals surface area contributed by atoms with Crippen molar-refractivity contribution in [2.75, 3.05) is 5.32 Å². The highest BCUT2D eigenvalue weighted by atomic mass is 35.5. The van der Waals surface area contributed by atoms with Crippen molar-refractivity contribution in [2.45, 2.75) is 13.5 Å². The van der Waals surface area contributed by atoms with Crippen molar-refractivity contribution in [3.63, 3.8) is 0 Å². The molecule has 1 heterocycles. The van der Waals surface area contributed by atoms with Crippen LogP contribution in [0.1, 0.15) is 22.8 Å². The van der Waals surface area contributed by atoms with Gasteiger partial charge in [0.25, 0.3) is 5.69 Å². The summed E-state index contributed by atoms with van der Waals surface area (Å²) in [6, 6.07) is 9.35. The van der Waals surface area contributed by atoms with Crippen LogP contribution in [0.3, 0.4) is 0 Å². The Balaban J connectivity index is 2.14. The molecule has 1 aromatic heterocycles. The van der Waals surface area contributed by atoms with E-state index in [1.165, 1.54) is 6.92 Å². The molecule has 27 heavy (non-hydrogen) atoms. The number of Topliss-reactive ketones (excluding diaryl/α,β-unsaturated/α-hetero) is 1. The summed E-state index contributed by atoms with van der Waals surface area (Å²) in [7, 11) is 0. The zero-order valence-electron chi connectivity index (χ0n) is 14.0. The first-order valence-corrected chi connectivity index (χ1v) is 8.56. The molecule has 0 saturated heterocycles. The molecular weight excluding hydrogens is 393 g/mol. The van der Waals surface area contributed by atoms with E-state index in [1.807, 2.05) is 6.07 Å². The van der Waals surface area contributed by atoms with Crippen LogP contribution in [-0.4, -0.2) is 15.7 Å². The number of fused-ring (bicyclic) bond motifs is 1. The van der Waals surface area contributed by atoms with Crippen LogP contribution in [-0.2, 0) is 6.54 Å². The maximum Gasteiger partial charge on any atom is 0.271 e. The van der Waals surface area contributed by atoms with E-state index in [9.17, 15) is 19.7 Å². The lowest BCUT2D eigenvalue weighted by atomic mass is 10.1. The molecule has 0 unspecified atom stereocenters. The molecule has 0 radical (unpaired) electrons. The number of ketones is 1. The SMILES string of the molecule is CC(=O)c1c(NCc2cccc(Cl)c2)[nH]c2c(Cl)cc([N+](=O)[O-])cc2c1=O. The number of benzene rings is 2. The van der Waals surface area contributed by atoms with Crippen LogP contribution in [0.5, 0.6) is 0 Å². The quantitative estimate of drug-likeness (QED) is 0.367. The number of hydrogen-bond acceptors (Lipinski definition) is 5. The second-order valence-corrected chi connectivity index (χ2v) is 6.69. The van der Waals surface area contributed by atoms with Crippen molar-refractivity contribution in [2.24, 2.45) is 0 Å². The standard InChI is InChI=1S/C18H13Cl2N3O4/c1-9(24)15-17(25)13-6-12(23(26)27)7-14(20)16(13)22-18(15)21-8-10-3-2-4-11(19)5-10/h2-7H,8H2,1H3,(H2,21,22,25). The van der Waals surface area contributed by atoms with Gasteiger partial charge < -0.3 is 10.3 Å². The molecule has 2 N–H and O–H groups in total. The molecule has 3 aromatic rings. The van der Waals surface area contributed by atoms with E-state index >= 15 is 0 Å². The minimum atomic E-state index is -0.649. The lowest BCUT2D eigenvalue weighted by molar-refractivity contribution is -0.384. The zero-order valence-corrected chi connectivity index (χ0v) is 15.5. The number of hydrogen-bond donors (Lipinski definition) is 2. The first-order valence-electron chi connectivity index (χ1n) is 7.81. The van der Waals surface area contributed by atoms with Gasteiger partial charge in [-0.1, -0.05) is 35.3 Å². The Morgan fingerprint density at radius 2 is 2.00 bits per heavy atom. The predicted octanol–water partition coefficient (Wildman–Crippen LogP) is 4.56. The largest absolute Gasteiger partial charge is 0.367 e. The number of rotatable bonds is 5. The van der Waals surface area contributed by atoms with E-state index in [4.69, 9.17) is 23.2 Å². The van der Waals surface area contributed by atoms with Crippen molar-refractivity contribution in [1.29, 1.82) is 0 Å². The Morgan fingerprint density at radius 1 is 1.26 bits per heavy atom. The second-order valence-electron chi connectivity index (χ2n) is 5.85. The molecule has 0 aliphatic carbocycles. The summed E-state index contributed by atoms with van der Waals surface area (Å²) < 4.78 is 0. The molecule has 0 aliphatic rings. The van der Waals surface area contributed by atoms with E-state index in [-0.39, 0.29) is 33.0 Å². The van der Waals surface area contributed by atoms with E-state index < -0.39 is 16.1 Å². The number of carbonyl (C=O) groups is 1. The van der Waals surface area contributed by atoms with Crippen LogP contribution in [0.15, 0.2) is 41.2 Å². The third-order valence-corrected chi connectivity index (χ3v) is 4.50. The number of anilines is 1. The maximum atomic E-state index is 12.8. The Hall–Kier alpha value is -2.90. The lowest BCUT2D eigenvalue weighted by Crippen LogP contribution is -2.19. The number of H-pyrrole nitrogens is 1. The van der Waals surface area contributed by atoms with Gasteiger partial charge in [-0.15, -0.1) is 0 Å². The number of nitrogens with zero attached hydrogens (tertiary/aromatic N) is 1. The van der Waals surface area contributed by atoms with Gasteiger partial charge >= 0.3 is 0 Å². The third-order valence-electron chi connectivity index (χ3n) is 3.97. The van der Waals surface area contributed by atoms with Crippen molar-refractivity contribution >= 4 is 51.4 Å². The molecule has 3 rings (SSSR count). The summed E-state index contributed by atoms with van der Waals surface area (Å²) in [5.41, 5.74) is -0.0257. The Bertz CT molecular complexity index is 1140. The fourth-order valence-corrected chi connectivity index (χ4v) is 3.22. The average molecular weight is 406 g/mol. The van der Waals surface area contributed by atoms with Gasteiger partial charge in [-0.05, 0) is 24.6 Å². The molecule has 2 aromatic carbocycles. The first kappa shape index (κ1) is 18.9. The lowest BCUT2D eigenvalue weighted by Gasteiger charge is -2.13. The zero-order chi connectivity index (χ0) is 19.7. The second kappa shape index (κ2) is 7.38. The number of non-ortho nitro benzene ring substituents is 1. The molecule has 0 aliphatic heterocycles. The van der Waals surface area contributed by atoms with E-state index in [0.717, 1.165) is 17.7 Å². The summed E-state index contributed by atoms with van der Waals surface area (Å²) in [6.45, 7) is 1.55. The summed E-state index contributed by atoms with van der Waals surface area (Å²) in [4.78, 5) is 38.1. The van der Waals surface area contributed by atoms with Crippen LogP contribution in [0.4, 0.5) is 11.5 Å². The van der Waals surface area contributed by atoms with Gasteiger partial charge in [0.2, 0.25) is 5.43 Å². The van der Waals surface area contributed by atoms with Crippen molar-refractivity contribution in [1.82, 2.24) is 4.98 Å². The highest BCUT2D eigenvalue weighted by Gasteiger charge is 2.20. The third kappa shape index (κ3) is 3.79. The monoisotopic (exact) mass is 405 g/mol. The van der Waals surface area contributed by atoms with Crippen LogP contribution in [0, 0.1) is 10.1 Å². The van der Waals surface area contributed by atoms with E-state index in [2.05, 4.69) is 10.3 Å². The van der Waals surface area contributed by atoms with Gasteiger partial charge in [0.15, 0.2) is 5.78 Å². The van der Waals surface area contributed by atoms with Gasteiger partial charge in [-0.2, -0.15) is 0 Å². The molecule has 0 amide bonds. The van der Waals surface area contributed by atoms with Crippen LogP contribution in [0.2, 0.25) is 10.0 Å². The van der Waals surface area contributed by atoms with E-state index in [1.54, 1.807) is 18.2 Å². The smallest absolute Gasteiger partial charge is 0.271 e. The Morgan fingerprint density at radius 3 is 2.63 bits per heavy atom. The highest BCUT2D eigenvalue weighted by Crippen LogP contribution is 2.28. The number of nitrogens with one attached hydrogen (secondary N) is 2. The molecule has 138 valence electrons. The predicted molar refractivity (Wildman–Crippen MR) is 105 cm³/mol. The van der Waals surface area contributed by atoms with Crippen molar-refractivity contribution in [3.05, 3.63) is 77.9 Å². The summed E-state index contributed by atoms with van der Waals surface area (Å²) in [5, 5.41) is 14.6. The average Bonchev–Trinajstić information content (AvgIpc) is 2.60. The van der Waals surface area contributed by atoms with Crippen LogP contribution < -0.4 is 10.7 Å². The normalized spacial score (nSPS) is 10.8. The van der Waals surface area contributed by atoms with Gasteiger partial charge in [0.05, 0.1) is 20.8 Å². The van der Waals surface area contributed by atoms with Gasteiger partial charge in [0, 0.05) is 23.7 Å². The number of aromatic nitrogens is 1. The highest BCUT2D eigenvalue weighted by molar-refractivity contribution is 6.35. The Labute approximate surface area is 163 Å². The van der Waals surface area contributed by atoms with Gasteiger partial charge in [-0.25, -0.2) is 0 Å². The fraction of sp³-hybridized carbons (Fsp3) is 0.111. The molecule has 7 nitrogen and oxygen atoms in total. The number of carbonyl (C=O) groups excluding carboxylic acids is 1. The maximum absolute atomic E-state index is 12.8.